The summed E-state index contributed by atoms with van der Waals surface area (Å²) in [5, 5.41) is 15.6. The number of anilines is 2. The lowest BCUT2D eigenvalue weighted by atomic mass is 10.1. The van der Waals surface area contributed by atoms with Crippen LogP contribution < -0.4 is 20.7 Å². The number of urea groups is 1. The molecule has 0 aliphatic heterocycles. The SMILES string of the molecule is CCN(CC1CC1)CC(OC(=O)NCc1cccc(NC(=O)Nc2ccc(-c3cnco3)c(OC)c2)c1)c1ccccc1.O=C(O)C(F)(F)F. The van der Waals surface area contributed by atoms with Crippen molar-refractivity contribution in [2.45, 2.75) is 38.6 Å². The van der Waals surface area contributed by atoms with Gasteiger partial charge in [0.05, 0.1) is 18.9 Å². The molecule has 12 nitrogen and oxygen atoms in total. The average Bonchev–Trinajstić information content (AvgIpc) is 3.75. The van der Waals surface area contributed by atoms with Crippen molar-refractivity contribution in [3.63, 3.8) is 0 Å². The van der Waals surface area contributed by atoms with E-state index in [1.807, 2.05) is 42.5 Å². The van der Waals surface area contributed by atoms with Gasteiger partial charge in [-0.2, -0.15) is 13.2 Å². The Kier molecular flexibility index (Phi) is 13.2. The van der Waals surface area contributed by atoms with Crippen LogP contribution in [0.25, 0.3) is 11.3 Å². The number of aliphatic carboxylic acids is 1. The number of rotatable bonds is 13. The molecule has 0 bridgehead atoms. The van der Waals surface area contributed by atoms with Crippen molar-refractivity contribution in [3.8, 4) is 17.1 Å². The van der Waals surface area contributed by atoms with E-state index in [2.05, 4.69) is 32.8 Å². The predicted octanol–water partition coefficient (Wildman–Crippen LogP) is 7.33. The highest BCUT2D eigenvalue weighted by molar-refractivity contribution is 6.00. The number of oxazole rings is 1. The molecule has 3 amide bonds. The van der Waals surface area contributed by atoms with Crippen LogP contribution >= 0.6 is 0 Å². The summed E-state index contributed by atoms with van der Waals surface area (Å²) in [5.41, 5.74) is 3.63. The van der Waals surface area contributed by atoms with Gasteiger partial charge >= 0.3 is 24.3 Å². The first-order valence-corrected chi connectivity index (χ1v) is 15.7. The van der Waals surface area contributed by atoms with E-state index in [1.54, 1.807) is 43.6 Å². The Morgan fingerprint density at radius 1 is 1.02 bits per heavy atom. The minimum absolute atomic E-state index is 0.247. The van der Waals surface area contributed by atoms with E-state index in [1.165, 1.54) is 19.2 Å². The first-order chi connectivity index (χ1) is 23.9. The predicted molar refractivity (Wildman–Crippen MR) is 179 cm³/mol. The average molecular weight is 698 g/mol. The zero-order valence-electron chi connectivity index (χ0n) is 27.4. The molecule has 4 aromatic rings. The number of likely N-dealkylation sites (N-methyl/N-ethyl adjacent to an activating group) is 1. The van der Waals surface area contributed by atoms with Gasteiger partial charge in [0.1, 0.15) is 11.9 Å². The number of amides is 3. The number of nitrogens with one attached hydrogen (secondary N) is 3. The highest BCUT2D eigenvalue weighted by Gasteiger charge is 2.38. The van der Waals surface area contributed by atoms with Crippen LogP contribution in [-0.4, -0.2) is 66.0 Å². The molecule has 5 rings (SSSR count). The van der Waals surface area contributed by atoms with Crippen LogP contribution in [0.1, 0.15) is 37.0 Å². The zero-order chi connectivity index (χ0) is 36.1. The highest BCUT2D eigenvalue weighted by Crippen LogP contribution is 2.33. The molecule has 50 heavy (non-hydrogen) atoms. The van der Waals surface area contributed by atoms with Crippen LogP contribution in [0.5, 0.6) is 5.75 Å². The van der Waals surface area contributed by atoms with Crippen LogP contribution in [0.3, 0.4) is 0 Å². The van der Waals surface area contributed by atoms with E-state index >= 15 is 0 Å². The third kappa shape index (κ3) is 11.8. The summed E-state index contributed by atoms with van der Waals surface area (Å²) in [6, 6.07) is 21.9. The number of hydrogen-bond donors (Lipinski definition) is 4. The largest absolute Gasteiger partial charge is 0.496 e. The Balaban J connectivity index is 0.000000727. The van der Waals surface area contributed by atoms with E-state index in [0.717, 1.165) is 35.7 Å². The van der Waals surface area contributed by atoms with Crippen LogP contribution in [-0.2, 0) is 16.1 Å². The van der Waals surface area contributed by atoms with Gasteiger partial charge in [-0.05, 0) is 60.7 Å². The van der Waals surface area contributed by atoms with Crippen molar-refractivity contribution in [2.24, 2.45) is 5.92 Å². The molecule has 266 valence electrons. The summed E-state index contributed by atoms with van der Waals surface area (Å²) in [5.74, 6) is -0.905. The summed E-state index contributed by atoms with van der Waals surface area (Å²) in [7, 11) is 1.55. The Morgan fingerprint density at radius 2 is 1.72 bits per heavy atom. The molecule has 15 heteroatoms. The fourth-order valence-electron chi connectivity index (χ4n) is 4.83. The lowest BCUT2D eigenvalue weighted by Gasteiger charge is -2.27. The van der Waals surface area contributed by atoms with Gasteiger partial charge < -0.3 is 34.9 Å². The minimum Gasteiger partial charge on any atom is -0.496 e. The smallest absolute Gasteiger partial charge is 0.490 e. The Hall–Kier alpha value is -5.57. The van der Waals surface area contributed by atoms with Crippen molar-refractivity contribution in [2.75, 3.05) is 37.4 Å². The zero-order valence-corrected chi connectivity index (χ0v) is 27.4. The number of aromatic nitrogens is 1. The van der Waals surface area contributed by atoms with Gasteiger partial charge in [-0.15, -0.1) is 0 Å². The highest BCUT2D eigenvalue weighted by atomic mass is 19.4. The molecule has 1 fully saturated rings. The van der Waals surface area contributed by atoms with E-state index in [9.17, 15) is 22.8 Å². The van der Waals surface area contributed by atoms with Crippen molar-refractivity contribution in [1.82, 2.24) is 15.2 Å². The Labute approximate surface area is 286 Å². The standard InChI is InChI=1S/C33H37N5O5.C2HF3O2/c1-3-38(20-23-12-13-23)21-31(25-9-5-4-6-10-25)43-33(40)35-18-24-8-7-11-26(16-24)36-32(39)37-27-14-15-28(29(17-27)41-2)30-19-34-22-42-30;3-2(4,5)1(6)7/h4-11,14-17,19,22-23,31H,3,12-13,18,20-21H2,1-2H3,(H,35,40)(H2,36,37,39);(H,6,7). The molecule has 4 N–H and O–H groups in total. The fraction of sp³-hybridized carbons (Fsp3) is 0.314. The van der Waals surface area contributed by atoms with Crippen LogP contribution in [0, 0.1) is 5.92 Å². The molecule has 1 aliphatic rings. The summed E-state index contributed by atoms with van der Waals surface area (Å²) in [6.07, 6.45) is -0.461. The molecule has 0 saturated heterocycles. The number of methoxy groups -OCH3 is 1. The maximum Gasteiger partial charge on any atom is 0.490 e. The minimum atomic E-state index is -5.08. The van der Waals surface area contributed by atoms with Crippen molar-refractivity contribution in [3.05, 3.63) is 96.5 Å². The summed E-state index contributed by atoms with van der Waals surface area (Å²) in [4.78, 5) is 40.8. The first-order valence-electron chi connectivity index (χ1n) is 15.7. The van der Waals surface area contributed by atoms with Gasteiger partial charge in [-0.1, -0.05) is 49.4 Å². The van der Waals surface area contributed by atoms with Crippen molar-refractivity contribution < 1.29 is 46.6 Å². The second-order valence-corrected chi connectivity index (χ2v) is 11.3. The molecular weight excluding hydrogens is 659 g/mol. The maximum atomic E-state index is 12.9. The molecular formula is C35H38F3N5O7. The summed E-state index contributed by atoms with van der Waals surface area (Å²) < 4.78 is 48.5. The number of carbonyl (C=O) groups is 3. The lowest BCUT2D eigenvalue weighted by molar-refractivity contribution is -0.192. The van der Waals surface area contributed by atoms with Crippen molar-refractivity contribution >= 4 is 29.5 Å². The fourth-order valence-corrected chi connectivity index (χ4v) is 4.83. The number of benzene rings is 3. The van der Waals surface area contributed by atoms with E-state index < -0.39 is 24.3 Å². The van der Waals surface area contributed by atoms with Gasteiger partial charge in [0.2, 0.25) is 0 Å². The number of carboxylic acids is 1. The molecule has 3 aromatic carbocycles. The number of alkyl carbamates (subject to hydrolysis) is 1. The number of hydrogen-bond acceptors (Lipinski definition) is 8. The Morgan fingerprint density at radius 3 is 2.32 bits per heavy atom. The number of carbonyl (C=O) groups excluding carboxylic acids is 2. The van der Waals surface area contributed by atoms with Gasteiger partial charge in [-0.3, -0.25) is 4.90 Å². The monoisotopic (exact) mass is 697 g/mol. The third-order valence-corrected chi connectivity index (χ3v) is 7.53. The van der Waals surface area contributed by atoms with E-state index in [-0.39, 0.29) is 12.6 Å². The van der Waals surface area contributed by atoms with Crippen molar-refractivity contribution in [1.29, 1.82) is 0 Å². The molecule has 1 heterocycles. The number of carboxylic acid groups (broad SMARTS) is 1. The molecule has 0 spiro atoms. The number of nitrogens with zero attached hydrogens (tertiary/aromatic N) is 2. The molecule has 1 aromatic heterocycles. The number of halogens is 3. The second-order valence-electron chi connectivity index (χ2n) is 11.3. The van der Waals surface area contributed by atoms with Gasteiger partial charge in [0.15, 0.2) is 12.2 Å². The third-order valence-electron chi connectivity index (χ3n) is 7.53. The van der Waals surface area contributed by atoms with Gasteiger partial charge in [0.25, 0.3) is 0 Å². The summed E-state index contributed by atoms with van der Waals surface area (Å²) in [6.45, 7) is 4.96. The van der Waals surface area contributed by atoms with Crippen LogP contribution in [0.4, 0.5) is 34.1 Å². The molecule has 1 aliphatic carbocycles. The lowest BCUT2D eigenvalue weighted by Crippen LogP contribution is -2.34. The second kappa shape index (κ2) is 17.7. The molecule has 1 saturated carbocycles. The number of ether oxygens (including phenoxy) is 2. The maximum absolute atomic E-state index is 12.9. The first kappa shape index (κ1) is 37.3. The molecule has 1 atom stereocenters. The molecule has 0 radical (unpaired) electrons. The normalized spacial score (nSPS) is 13.0. The Bertz CT molecular complexity index is 1700. The number of alkyl halides is 3. The summed E-state index contributed by atoms with van der Waals surface area (Å²) >= 11 is 0. The topological polar surface area (TPSA) is 155 Å². The van der Waals surface area contributed by atoms with E-state index in [0.29, 0.717) is 29.4 Å². The molecule has 1 unspecified atom stereocenters. The van der Waals surface area contributed by atoms with Gasteiger partial charge in [0, 0.05) is 37.1 Å². The van der Waals surface area contributed by atoms with Gasteiger partial charge in [-0.25, -0.2) is 19.4 Å². The van der Waals surface area contributed by atoms with Crippen LogP contribution in [0.2, 0.25) is 0 Å². The van der Waals surface area contributed by atoms with Crippen LogP contribution in [0.15, 0.2) is 89.8 Å². The quantitative estimate of drug-likeness (QED) is 0.112. The van der Waals surface area contributed by atoms with E-state index in [4.69, 9.17) is 23.8 Å².